The molecular formula is C27H31N3O2. The maximum atomic E-state index is 13.1. The van der Waals surface area contributed by atoms with Crippen LogP contribution in [0.4, 0.5) is 11.4 Å². The number of nitrogens with zero attached hydrogens (tertiary/aromatic N) is 1. The molecule has 0 aliphatic carbocycles. The van der Waals surface area contributed by atoms with E-state index in [1.165, 1.54) is 6.42 Å². The molecular weight excluding hydrogens is 398 g/mol. The molecule has 3 aromatic carbocycles. The van der Waals surface area contributed by atoms with Gasteiger partial charge in [0.05, 0.1) is 5.56 Å². The van der Waals surface area contributed by atoms with Gasteiger partial charge in [-0.25, -0.2) is 0 Å². The molecule has 32 heavy (non-hydrogen) atoms. The normalized spacial score (nSPS) is 14.8. The minimum absolute atomic E-state index is 0.0903. The number of benzene rings is 3. The molecule has 0 spiro atoms. The molecule has 2 N–H and O–H groups in total. The predicted octanol–water partition coefficient (Wildman–Crippen LogP) is 5.61. The topological polar surface area (TPSA) is 61.4 Å². The number of carbonyl (C=O) groups is 2. The van der Waals surface area contributed by atoms with Crippen molar-refractivity contribution in [2.75, 3.05) is 23.3 Å². The van der Waals surface area contributed by atoms with Crippen LogP contribution in [0.2, 0.25) is 0 Å². The molecule has 0 aromatic heterocycles. The molecule has 0 saturated carbocycles. The molecule has 0 radical (unpaired) electrons. The third-order valence-corrected chi connectivity index (χ3v) is 6.20. The smallest absolute Gasteiger partial charge is 0.255 e. The molecule has 1 aliphatic rings. The summed E-state index contributed by atoms with van der Waals surface area (Å²) in [5.74, 6) is -0.281. The van der Waals surface area contributed by atoms with Gasteiger partial charge in [0.15, 0.2) is 0 Å². The fraction of sp³-hybridized carbons (Fsp3) is 0.333. The zero-order chi connectivity index (χ0) is 22.5. The van der Waals surface area contributed by atoms with Crippen molar-refractivity contribution in [1.82, 2.24) is 5.32 Å². The number of amides is 2. The standard InChI is InChI=1S/C27H31N3O2/c1-3-19(2)28-27(32)24-18-23(13-14-25(24)30-15-7-4-8-16-30)29-26(31)22-12-11-20-9-5-6-10-21(20)17-22/h5-6,9-14,17-19H,3-4,7-8,15-16H2,1-2H3,(H,28,32)(H,29,31). The van der Waals surface area contributed by atoms with Crippen LogP contribution in [-0.4, -0.2) is 30.9 Å². The molecule has 1 aliphatic heterocycles. The Morgan fingerprint density at radius 3 is 2.41 bits per heavy atom. The van der Waals surface area contributed by atoms with Gasteiger partial charge in [-0.1, -0.05) is 37.3 Å². The summed E-state index contributed by atoms with van der Waals surface area (Å²) in [6.45, 7) is 5.96. The van der Waals surface area contributed by atoms with E-state index >= 15 is 0 Å². The quantitative estimate of drug-likeness (QED) is 0.535. The lowest BCUT2D eigenvalue weighted by Gasteiger charge is -2.31. The highest BCUT2D eigenvalue weighted by atomic mass is 16.2. The molecule has 0 bridgehead atoms. The van der Waals surface area contributed by atoms with Crippen LogP contribution < -0.4 is 15.5 Å². The van der Waals surface area contributed by atoms with E-state index in [9.17, 15) is 9.59 Å². The van der Waals surface area contributed by atoms with E-state index in [1.54, 1.807) is 6.07 Å². The lowest BCUT2D eigenvalue weighted by atomic mass is 10.0. The van der Waals surface area contributed by atoms with Crippen molar-refractivity contribution in [2.24, 2.45) is 0 Å². The Balaban J connectivity index is 1.60. The summed E-state index contributed by atoms with van der Waals surface area (Å²) < 4.78 is 0. The summed E-state index contributed by atoms with van der Waals surface area (Å²) in [5.41, 5.74) is 2.77. The molecule has 1 fully saturated rings. The Morgan fingerprint density at radius 2 is 1.66 bits per heavy atom. The maximum absolute atomic E-state index is 13.1. The van der Waals surface area contributed by atoms with Gasteiger partial charge in [0.25, 0.3) is 11.8 Å². The van der Waals surface area contributed by atoms with Gasteiger partial charge in [-0.3, -0.25) is 9.59 Å². The van der Waals surface area contributed by atoms with Crippen LogP contribution in [0.5, 0.6) is 0 Å². The van der Waals surface area contributed by atoms with Crippen molar-refractivity contribution in [3.05, 3.63) is 71.8 Å². The van der Waals surface area contributed by atoms with Crippen molar-refractivity contribution in [3.63, 3.8) is 0 Å². The molecule has 1 heterocycles. The predicted molar refractivity (Wildman–Crippen MR) is 132 cm³/mol. The van der Waals surface area contributed by atoms with E-state index in [0.29, 0.717) is 16.8 Å². The van der Waals surface area contributed by atoms with Crippen LogP contribution in [0.3, 0.4) is 0 Å². The first-order valence-corrected chi connectivity index (χ1v) is 11.5. The van der Waals surface area contributed by atoms with Crippen LogP contribution in [0.15, 0.2) is 60.7 Å². The average molecular weight is 430 g/mol. The summed E-state index contributed by atoms with van der Waals surface area (Å²) in [6, 6.07) is 19.4. The maximum Gasteiger partial charge on any atom is 0.255 e. The Bertz CT molecular complexity index is 1120. The lowest BCUT2D eigenvalue weighted by Crippen LogP contribution is -2.35. The first-order chi connectivity index (χ1) is 15.5. The number of anilines is 2. The Labute approximate surface area is 189 Å². The average Bonchev–Trinajstić information content (AvgIpc) is 2.84. The molecule has 1 unspecified atom stereocenters. The van der Waals surface area contributed by atoms with Crippen LogP contribution in [-0.2, 0) is 0 Å². The van der Waals surface area contributed by atoms with Gasteiger partial charge in [-0.2, -0.15) is 0 Å². The molecule has 3 aromatic rings. The number of carbonyl (C=O) groups excluding carboxylic acids is 2. The van der Waals surface area contributed by atoms with E-state index in [0.717, 1.165) is 48.8 Å². The summed E-state index contributed by atoms with van der Waals surface area (Å²) in [4.78, 5) is 28.3. The number of piperidine rings is 1. The van der Waals surface area contributed by atoms with E-state index in [4.69, 9.17) is 0 Å². The molecule has 1 saturated heterocycles. The molecule has 5 nitrogen and oxygen atoms in total. The van der Waals surface area contributed by atoms with Crippen molar-refractivity contribution in [3.8, 4) is 0 Å². The summed E-state index contributed by atoms with van der Waals surface area (Å²) >= 11 is 0. The SMILES string of the molecule is CCC(C)NC(=O)c1cc(NC(=O)c2ccc3ccccc3c2)ccc1N1CCCCC1. The van der Waals surface area contributed by atoms with E-state index in [1.807, 2.05) is 61.5 Å². The van der Waals surface area contributed by atoms with Gasteiger partial charge >= 0.3 is 0 Å². The largest absolute Gasteiger partial charge is 0.371 e. The van der Waals surface area contributed by atoms with Crippen LogP contribution in [0.25, 0.3) is 10.8 Å². The van der Waals surface area contributed by atoms with Crippen LogP contribution in [0, 0.1) is 0 Å². The molecule has 2 amide bonds. The Kier molecular flexibility index (Phi) is 6.74. The van der Waals surface area contributed by atoms with Gasteiger partial charge in [0, 0.05) is 36.1 Å². The van der Waals surface area contributed by atoms with Gasteiger partial charge < -0.3 is 15.5 Å². The summed E-state index contributed by atoms with van der Waals surface area (Å²) in [7, 11) is 0. The summed E-state index contributed by atoms with van der Waals surface area (Å²) in [5, 5.41) is 8.18. The number of fused-ring (bicyclic) bond motifs is 1. The zero-order valence-corrected chi connectivity index (χ0v) is 18.9. The van der Waals surface area contributed by atoms with Gasteiger partial charge in [-0.15, -0.1) is 0 Å². The van der Waals surface area contributed by atoms with Crippen LogP contribution in [0.1, 0.15) is 60.2 Å². The number of rotatable bonds is 6. The lowest BCUT2D eigenvalue weighted by molar-refractivity contribution is 0.0938. The van der Waals surface area contributed by atoms with Crippen molar-refractivity contribution < 1.29 is 9.59 Å². The second kappa shape index (κ2) is 9.86. The van der Waals surface area contributed by atoms with Crippen molar-refractivity contribution in [2.45, 2.75) is 45.6 Å². The fourth-order valence-electron chi connectivity index (χ4n) is 4.14. The first kappa shape index (κ1) is 21.9. The highest BCUT2D eigenvalue weighted by Gasteiger charge is 2.20. The van der Waals surface area contributed by atoms with Crippen LogP contribution >= 0.6 is 0 Å². The zero-order valence-electron chi connectivity index (χ0n) is 18.9. The van der Waals surface area contributed by atoms with Gasteiger partial charge in [-0.05, 0) is 73.7 Å². The van der Waals surface area contributed by atoms with E-state index < -0.39 is 0 Å². The number of nitrogens with one attached hydrogen (secondary N) is 2. The summed E-state index contributed by atoms with van der Waals surface area (Å²) in [6.07, 6.45) is 4.35. The Hall–Kier alpha value is -3.34. The minimum Gasteiger partial charge on any atom is -0.371 e. The second-order valence-electron chi connectivity index (χ2n) is 8.58. The Morgan fingerprint density at radius 1 is 0.906 bits per heavy atom. The van der Waals surface area contributed by atoms with Gasteiger partial charge in [0.1, 0.15) is 0 Å². The van der Waals surface area contributed by atoms with Crippen molar-refractivity contribution >= 4 is 34.0 Å². The minimum atomic E-state index is -0.185. The third-order valence-electron chi connectivity index (χ3n) is 6.20. The number of hydrogen-bond acceptors (Lipinski definition) is 3. The molecule has 4 rings (SSSR count). The highest BCUT2D eigenvalue weighted by molar-refractivity contribution is 6.08. The monoisotopic (exact) mass is 429 g/mol. The third kappa shape index (κ3) is 4.93. The van der Waals surface area contributed by atoms with E-state index in [2.05, 4.69) is 22.5 Å². The number of hydrogen-bond donors (Lipinski definition) is 2. The second-order valence-corrected chi connectivity index (χ2v) is 8.58. The fourth-order valence-corrected chi connectivity index (χ4v) is 4.14. The first-order valence-electron chi connectivity index (χ1n) is 11.5. The van der Waals surface area contributed by atoms with E-state index in [-0.39, 0.29) is 17.9 Å². The molecule has 5 heteroatoms. The van der Waals surface area contributed by atoms with Crippen molar-refractivity contribution in [1.29, 1.82) is 0 Å². The van der Waals surface area contributed by atoms with Gasteiger partial charge in [0.2, 0.25) is 0 Å². The highest BCUT2D eigenvalue weighted by Crippen LogP contribution is 2.28. The molecule has 166 valence electrons. The molecule has 1 atom stereocenters.